The first-order chi connectivity index (χ1) is 11.8. The van der Waals surface area contributed by atoms with Gasteiger partial charge in [0.1, 0.15) is 5.82 Å². The molecule has 8 nitrogen and oxygen atoms in total. The van der Waals surface area contributed by atoms with Crippen LogP contribution >= 0.6 is 0 Å². The van der Waals surface area contributed by atoms with Crippen molar-refractivity contribution in [3.8, 4) is 0 Å². The number of aromatic nitrogens is 3. The van der Waals surface area contributed by atoms with Gasteiger partial charge in [-0.05, 0) is 25.9 Å². The normalized spacial score (nSPS) is 19.5. The van der Waals surface area contributed by atoms with Crippen LogP contribution in [0, 0.1) is 0 Å². The van der Waals surface area contributed by atoms with E-state index in [4.69, 9.17) is 5.73 Å². The zero-order valence-electron chi connectivity index (χ0n) is 15.5. The summed E-state index contributed by atoms with van der Waals surface area (Å²) in [5, 5.41) is 0. The van der Waals surface area contributed by atoms with Crippen LogP contribution in [0.3, 0.4) is 0 Å². The molecule has 2 aliphatic heterocycles. The van der Waals surface area contributed by atoms with Crippen molar-refractivity contribution < 1.29 is 4.79 Å². The summed E-state index contributed by atoms with van der Waals surface area (Å²) in [6.45, 7) is 11.6. The lowest BCUT2D eigenvalue weighted by atomic mass is 9.96. The van der Waals surface area contributed by atoms with Crippen molar-refractivity contribution in [1.29, 1.82) is 0 Å². The van der Waals surface area contributed by atoms with Crippen molar-refractivity contribution in [2.45, 2.75) is 39.0 Å². The van der Waals surface area contributed by atoms with Crippen LogP contribution in [0.5, 0.6) is 0 Å². The third-order valence-corrected chi connectivity index (χ3v) is 4.78. The Hall–Kier alpha value is -1.96. The standard InChI is InChI=1S/C17H29N7O/c1-17(2,3)14-19-15(18)21-16(20-14)24-10-8-23(9-11-24)13(25)12-22-6-4-5-7-22/h4-12H2,1-3H3,(H2,18,19,20,21). The van der Waals surface area contributed by atoms with E-state index in [2.05, 4.69) is 45.5 Å². The summed E-state index contributed by atoms with van der Waals surface area (Å²) in [6, 6.07) is 0. The van der Waals surface area contributed by atoms with Gasteiger partial charge in [-0.1, -0.05) is 20.8 Å². The molecule has 138 valence electrons. The molecule has 2 aliphatic rings. The Morgan fingerprint density at radius 3 is 2.24 bits per heavy atom. The fraction of sp³-hybridized carbons (Fsp3) is 0.765. The Labute approximate surface area is 149 Å². The molecule has 1 aromatic rings. The van der Waals surface area contributed by atoms with Crippen LogP contribution in [0.15, 0.2) is 0 Å². The number of nitrogens with two attached hydrogens (primary N) is 1. The van der Waals surface area contributed by atoms with Crippen molar-refractivity contribution >= 4 is 17.8 Å². The van der Waals surface area contributed by atoms with Crippen molar-refractivity contribution in [2.75, 3.05) is 56.4 Å². The van der Waals surface area contributed by atoms with E-state index in [0.717, 1.165) is 26.2 Å². The van der Waals surface area contributed by atoms with Crippen LogP contribution in [-0.4, -0.2) is 76.5 Å². The van der Waals surface area contributed by atoms with Crippen LogP contribution in [0.4, 0.5) is 11.9 Å². The van der Waals surface area contributed by atoms with Gasteiger partial charge in [-0.2, -0.15) is 15.0 Å². The van der Waals surface area contributed by atoms with E-state index in [1.807, 2.05) is 4.90 Å². The molecule has 2 saturated heterocycles. The number of anilines is 2. The highest BCUT2D eigenvalue weighted by atomic mass is 16.2. The van der Waals surface area contributed by atoms with Gasteiger partial charge >= 0.3 is 0 Å². The molecule has 0 unspecified atom stereocenters. The first-order valence-electron chi connectivity index (χ1n) is 9.10. The van der Waals surface area contributed by atoms with E-state index in [-0.39, 0.29) is 17.3 Å². The SMILES string of the molecule is CC(C)(C)c1nc(N)nc(N2CCN(C(=O)CN3CCCC3)CC2)n1. The van der Waals surface area contributed by atoms with Crippen LogP contribution in [0.25, 0.3) is 0 Å². The van der Waals surface area contributed by atoms with Gasteiger partial charge < -0.3 is 15.5 Å². The van der Waals surface area contributed by atoms with Crippen LogP contribution in [0.1, 0.15) is 39.4 Å². The average molecular weight is 347 g/mol. The highest BCUT2D eigenvalue weighted by Crippen LogP contribution is 2.21. The van der Waals surface area contributed by atoms with Crippen LogP contribution in [-0.2, 0) is 10.2 Å². The van der Waals surface area contributed by atoms with Crippen LogP contribution in [0.2, 0.25) is 0 Å². The molecular formula is C17H29N7O. The highest BCUT2D eigenvalue weighted by molar-refractivity contribution is 5.78. The fourth-order valence-corrected chi connectivity index (χ4v) is 3.25. The van der Waals surface area contributed by atoms with Crippen molar-refractivity contribution in [3.63, 3.8) is 0 Å². The number of carbonyl (C=O) groups is 1. The smallest absolute Gasteiger partial charge is 0.236 e. The van der Waals surface area contributed by atoms with E-state index >= 15 is 0 Å². The Balaban J connectivity index is 1.60. The van der Waals surface area contributed by atoms with E-state index in [1.54, 1.807) is 0 Å². The molecule has 3 rings (SSSR count). The maximum absolute atomic E-state index is 12.4. The maximum atomic E-state index is 12.4. The summed E-state index contributed by atoms with van der Waals surface area (Å²) in [5.74, 6) is 1.79. The van der Waals surface area contributed by atoms with Gasteiger partial charge in [0, 0.05) is 31.6 Å². The third kappa shape index (κ3) is 4.36. The lowest BCUT2D eigenvalue weighted by molar-refractivity contribution is -0.132. The maximum Gasteiger partial charge on any atom is 0.236 e. The largest absolute Gasteiger partial charge is 0.368 e. The predicted octanol–water partition coefficient (Wildman–Crippen LogP) is 0.496. The molecule has 25 heavy (non-hydrogen) atoms. The van der Waals surface area contributed by atoms with E-state index in [0.29, 0.717) is 31.4 Å². The van der Waals surface area contributed by atoms with E-state index in [1.165, 1.54) is 12.8 Å². The number of carbonyl (C=O) groups excluding carboxylic acids is 1. The first-order valence-corrected chi connectivity index (χ1v) is 9.10. The number of nitrogens with zero attached hydrogens (tertiary/aromatic N) is 6. The zero-order valence-corrected chi connectivity index (χ0v) is 15.5. The molecule has 0 saturated carbocycles. The monoisotopic (exact) mass is 347 g/mol. The number of piperazine rings is 1. The molecule has 2 N–H and O–H groups in total. The molecule has 3 heterocycles. The molecule has 0 spiro atoms. The van der Waals surface area contributed by atoms with E-state index in [9.17, 15) is 4.79 Å². The predicted molar refractivity (Wildman–Crippen MR) is 97.4 cm³/mol. The van der Waals surface area contributed by atoms with Gasteiger partial charge in [-0.3, -0.25) is 9.69 Å². The second-order valence-electron chi connectivity index (χ2n) is 7.92. The molecule has 8 heteroatoms. The topological polar surface area (TPSA) is 91.5 Å². The summed E-state index contributed by atoms with van der Waals surface area (Å²) in [7, 11) is 0. The van der Waals surface area contributed by atoms with Gasteiger partial charge in [-0.25, -0.2) is 0 Å². The minimum Gasteiger partial charge on any atom is -0.368 e. The molecular weight excluding hydrogens is 318 g/mol. The lowest BCUT2D eigenvalue weighted by Crippen LogP contribution is -2.51. The zero-order chi connectivity index (χ0) is 18.0. The minimum absolute atomic E-state index is 0.181. The fourth-order valence-electron chi connectivity index (χ4n) is 3.25. The van der Waals surface area contributed by atoms with Crippen molar-refractivity contribution in [2.24, 2.45) is 0 Å². The molecule has 2 fully saturated rings. The summed E-state index contributed by atoms with van der Waals surface area (Å²) in [6.07, 6.45) is 2.41. The minimum atomic E-state index is -0.181. The Morgan fingerprint density at radius 1 is 1.00 bits per heavy atom. The number of hydrogen-bond acceptors (Lipinski definition) is 7. The average Bonchev–Trinajstić information content (AvgIpc) is 3.06. The second kappa shape index (κ2) is 7.11. The quantitative estimate of drug-likeness (QED) is 0.851. The van der Waals surface area contributed by atoms with Gasteiger partial charge in [0.15, 0.2) is 0 Å². The highest BCUT2D eigenvalue weighted by Gasteiger charge is 2.26. The summed E-state index contributed by atoms with van der Waals surface area (Å²) in [5.41, 5.74) is 5.69. The third-order valence-electron chi connectivity index (χ3n) is 4.78. The summed E-state index contributed by atoms with van der Waals surface area (Å²) < 4.78 is 0. The molecule has 0 aliphatic carbocycles. The second-order valence-corrected chi connectivity index (χ2v) is 7.92. The first kappa shape index (κ1) is 17.8. The Kier molecular flexibility index (Phi) is 5.08. The van der Waals surface area contributed by atoms with E-state index < -0.39 is 0 Å². The molecule has 0 bridgehead atoms. The Morgan fingerprint density at radius 2 is 1.64 bits per heavy atom. The van der Waals surface area contributed by atoms with Crippen molar-refractivity contribution in [3.05, 3.63) is 5.82 Å². The number of nitrogen functional groups attached to an aromatic ring is 1. The summed E-state index contributed by atoms with van der Waals surface area (Å²) >= 11 is 0. The van der Waals surface area contributed by atoms with Gasteiger partial charge in [0.05, 0.1) is 6.54 Å². The molecule has 1 aromatic heterocycles. The molecule has 1 amide bonds. The van der Waals surface area contributed by atoms with Gasteiger partial charge in [0.25, 0.3) is 0 Å². The summed E-state index contributed by atoms with van der Waals surface area (Å²) in [4.78, 5) is 31.9. The lowest BCUT2D eigenvalue weighted by Gasteiger charge is -2.35. The van der Waals surface area contributed by atoms with Crippen molar-refractivity contribution in [1.82, 2.24) is 24.8 Å². The molecule has 0 atom stereocenters. The van der Waals surface area contributed by atoms with Gasteiger partial charge in [-0.15, -0.1) is 0 Å². The molecule has 0 aromatic carbocycles. The van der Waals surface area contributed by atoms with Crippen LogP contribution < -0.4 is 10.6 Å². The number of likely N-dealkylation sites (tertiary alicyclic amines) is 1. The number of hydrogen-bond donors (Lipinski definition) is 1. The molecule has 0 radical (unpaired) electrons. The number of rotatable bonds is 3. The van der Waals surface area contributed by atoms with Gasteiger partial charge in [0.2, 0.25) is 17.8 Å². The Bertz CT molecular complexity index is 614. The number of amides is 1.